The number of hydrogen-bond acceptors (Lipinski definition) is 2. The Hall–Kier alpha value is -1.35. The number of nitrogens with one attached hydrogen (secondary N) is 1. The molecule has 15 heavy (non-hydrogen) atoms. The van der Waals surface area contributed by atoms with Gasteiger partial charge in [-0.15, -0.1) is 6.58 Å². The van der Waals surface area contributed by atoms with Crippen LogP contribution in [0.4, 0.5) is 4.39 Å². The van der Waals surface area contributed by atoms with Crippen molar-refractivity contribution in [3.8, 4) is 5.75 Å². The van der Waals surface area contributed by atoms with E-state index >= 15 is 0 Å². The summed E-state index contributed by atoms with van der Waals surface area (Å²) in [6.07, 6.45) is 1.77. The molecule has 0 aliphatic heterocycles. The van der Waals surface area contributed by atoms with Gasteiger partial charge in [-0.2, -0.15) is 0 Å². The van der Waals surface area contributed by atoms with Gasteiger partial charge in [0, 0.05) is 13.1 Å². The zero-order chi connectivity index (χ0) is 11.1. The average molecular weight is 209 g/mol. The zero-order valence-electron chi connectivity index (χ0n) is 8.92. The molecule has 1 rings (SSSR count). The molecule has 0 unspecified atom stereocenters. The smallest absolute Gasteiger partial charge is 0.165 e. The van der Waals surface area contributed by atoms with Crippen LogP contribution in [0.3, 0.4) is 0 Å². The van der Waals surface area contributed by atoms with Crippen molar-refractivity contribution in [3.05, 3.63) is 42.2 Å². The van der Waals surface area contributed by atoms with E-state index in [-0.39, 0.29) is 5.82 Å². The summed E-state index contributed by atoms with van der Waals surface area (Å²) in [5, 5.41) is 3.07. The molecule has 3 heteroatoms. The minimum absolute atomic E-state index is 0.315. The Morgan fingerprint density at radius 1 is 1.53 bits per heavy atom. The molecule has 82 valence electrons. The molecule has 0 saturated heterocycles. The van der Waals surface area contributed by atoms with Gasteiger partial charge >= 0.3 is 0 Å². The fraction of sp³-hybridized carbons (Fsp3) is 0.333. The van der Waals surface area contributed by atoms with Crippen molar-refractivity contribution in [1.82, 2.24) is 5.32 Å². The van der Waals surface area contributed by atoms with Crippen LogP contribution < -0.4 is 10.1 Å². The summed E-state index contributed by atoms with van der Waals surface area (Å²) >= 11 is 0. The molecule has 0 aliphatic carbocycles. The summed E-state index contributed by atoms with van der Waals surface area (Å²) in [5.74, 6) is -0.000256. The minimum atomic E-state index is -0.315. The molecule has 0 aliphatic rings. The molecule has 0 heterocycles. The van der Waals surface area contributed by atoms with Crippen LogP contribution in [0.5, 0.6) is 5.75 Å². The summed E-state index contributed by atoms with van der Waals surface area (Å²) in [7, 11) is 0. The summed E-state index contributed by atoms with van der Waals surface area (Å²) in [5.41, 5.74) is 0.991. The van der Waals surface area contributed by atoms with Gasteiger partial charge in [0.25, 0.3) is 0 Å². The Balaban J connectivity index is 2.36. The second-order valence-electron chi connectivity index (χ2n) is 3.28. The van der Waals surface area contributed by atoms with Crippen LogP contribution in [0.1, 0.15) is 5.56 Å². The zero-order valence-corrected chi connectivity index (χ0v) is 8.92. The first-order valence-electron chi connectivity index (χ1n) is 4.94. The fourth-order valence-electron chi connectivity index (χ4n) is 1.16. The van der Waals surface area contributed by atoms with Gasteiger partial charge in [-0.1, -0.05) is 12.1 Å². The first-order chi connectivity index (χ1) is 7.24. The Morgan fingerprint density at radius 3 is 3.07 bits per heavy atom. The van der Waals surface area contributed by atoms with Gasteiger partial charge < -0.3 is 10.1 Å². The van der Waals surface area contributed by atoms with Crippen LogP contribution in [0.25, 0.3) is 0 Å². The van der Waals surface area contributed by atoms with E-state index in [1.807, 2.05) is 6.92 Å². The largest absolute Gasteiger partial charge is 0.489 e. The van der Waals surface area contributed by atoms with Gasteiger partial charge in [-0.3, -0.25) is 0 Å². The molecule has 0 bridgehead atoms. The van der Waals surface area contributed by atoms with Gasteiger partial charge in [0.05, 0.1) is 0 Å². The molecule has 1 aromatic carbocycles. The van der Waals surface area contributed by atoms with E-state index in [2.05, 4.69) is 11.9 Å². The number of hydrogen-bond donors (Lipinski definition) is 1. The van der Waals surface area contributed by atoms with E-state index in [0.717, 1.165) is 12.1 Å². The molecular formula is C12H16FNO. The molecule has 0 saturated carbocycles. The predicted octanol–water partition coefficient (Wildman–Crippen LogP) is 2.29. The third kappa shape index (κ3) is 4.13. The normalized spacial score (nSPS) is 10.0. The molecule has 1 N–H and O–H groups in total. The Labute approximate surface area is 89.8 Å². The van der Waals surface area contributed by atoms with Gasteiger partial charge in [0.2, 0.25) is 0 Å². The topological polar surface area (TPSA) is 21.3 Å². The third-order valence-corrected chi connectivity index (χ3v) is 1.91. The lowest BCUT2D eigenvalue weighted by atomic mass is 10.2. The van der Waals surface area contributed by atoms with E-state index in [0.29, 0.717) is 18.9 Å². The van der Waals surface area contributed by atoms with Crippen LogP contribution in [0.2, 0.25) is 0 Å². The molecule has 0 amide bonds. The van der Waals surface area contributed by atoms with Crippen molar-refractivity contribution in [1.29, 1.82) is 0 Å². The quantitative estimate of drug-likeness (QED) is 0.573. The molecule has 0 aromatic heterocycles. The van der Waals surface area contributed by atoms with E-state index in [1.54, 1.807) is 18.2 Å². The first-order valence-corrected chi connectivity index (χ1v) is 4.94. The second kappa shape index (κ2) is 6.19. The summed E-state index contributed by atoms with van der Waals surface area (Å²) in [4.78, 5) is 0. The number of halogens is 1. The standard InChI is InChI=1S/C12H16FNO/c1-3-6-14-7-8-15-12-9-10(2)4-5-11(12)13/h3-5,9,14H,1,6-8H2,2H3. The van der Waals surface area contributed by atoms with Crippen LogP contribution in [0, 0.1) is 12.7 Å². The fourth-order valence-corrected chi connectivity index (χ4v) is 1.16. The molecule has 1 aromatic rings. The van der Waals surface area contributed by atoms with Crippen molar-refractivity contribution >= 4 is 0 Å². The molecule has 0 spiro atoms. The molecule has 0 radical (unpaired) electrons. The van der Waals surface area contributed by atoms with Gasteiger partial charge in [0.15, 0.2) is 11.6 Å². The number of benzene rings is 1. The summed E-state index contributed by atoms with van der Waals surface area (Å²) in [6.45, 7) is 7.35. The summed E-state index contributed by atoms with van der Waals surface area (Å²) < 4.78 is 18.5. The molecule has 0 atom stereocenters. The highest BCUT2D eigenvalue weighted by Crippen LogP contribution is 2.17. The monoisotopic (exact) mass is 209 g/mol. The van der Waals surface area contributed by atoms with Crippen LogP contribution in [-0.4, -0.2) is 19.7 Å². The van der Waals surface area contributed by atoms with Crippen LogP contribution in [-0.2, 0) is 0 Å². The Morgan fingerprint density at radius 2 is 2.33 bits per heavy atom. The van der Waals surface area contributed by atoms with Crippen molar-refractivity contribution < 1.29 is 9.13 Å². The lowest BCUT2D eigenvalue weighted by Gasteiger charge is -2.08. The van der Waals surface area contributed by atoms with Crippen LogP contribution in [0.15, 0.2) is 30.9 Å². The second-order valence-corrected chi connectivity index (χ2v) is 3.28. The first kappa shape index (κ1) is 11.7. The maximum atomic E-state index is 13.2. The van der Waals surface area contributed by atoms with Crippen LogP contribution >= 0.6 is 0 Å². The van der Waals surface area contributed by atoms with Gasteiger partial charge in [-0.05, 0) is 24.6 Å². The Kier molecular flexibility index (Phi) is 4.84. The highest BCUT2D eigenvalue weighted by Gasteiger charge is 2.02. The Bertz CT molecular complexity index is 325. The minimum Gasteiger partial charge on any atom is -0.489 e. The maximum absolute atomic E-state index is 13.2. The van der Waals surface area contributed by atoms with Crippen molar-refractivity contribution in [2.45, 2.75) is 6.92 Å². The number of aryl methyl sites for hydroxylation is 1. The lowest BCUT2D eigenvalue weighted by molar-refractivity contribution is 0.300. The average Bonchev–Trinajstić information content (AvgIpc) is 2.23. The SMILES string of the molecule is C=CCNCCOc1cc(C)ccc1F. The lowest BCUT2D eigenvalue weighted by Crippen LogP contribution is -2.21. The molecular weight excluding hydrogens is 193 g/mol. The van der Waals surface area contributed by atoms with E-state index in [9.17, 15) is 4.39 Å². The molecule has 2 nitrogen and oxygen atoms in total. The van der Waals surface area contributed by atoms with E-state index < -0.39 is 0 Å². The van der Waals surface area contributed by atoms with Crippen molar-refractivity contribution in [2.75, 3.05) is 19.7 Å². The highest BCUT2D eigenvalue weighted by atomic mass is 19.1. The van der Waals surface area contributed by atoms with Crippen molar-refractivity contribution in [2.24, 2.45) is 0 Å². The van der Waals surface area contributed by atoms with E-state index in [4.69, 9.17) is 4.74 Å². The predicted molar refractivity (Wildman–Crippen MR) is 59.7 cm³/mol. The molecule has 0 fully saturated rings. The highest BCUT2D eigenvalue weighted by molar-refractivity contribution is 5.29. The number of ether oxygens (including phenoxy) is 1. The van der Waals surface area contributed by atoms with Crippen molar-refractivity contribution in [3.63, 3.8) is 0 Å². The van der Waals surface area contributed by atoms with E-state index in [1.165, 1.54) is 6.07 Å². The summed E-state index contributed by atoms with van der Waals surface area (Å²) in [6, 6.07) is 4.84. The van der Waals surface area contributed by atoms with Gasteiger partial charge in [-0.25, -0.2) is 4.39 Å². The number of rotatable bonds is 6. The third-order valence-electron chi connectivity index (χ3n) is 1.91. The van der Waals surface area contributed by atoms with Gasteiger partial charge in [0.1, 0.15) is 6.61 Å². The maximum Gasteiger partial charge on any atom is 0.165 e.